The molecule has 1 unspecified atom stereocenters. The van der Waals surface area contributed by atoms with E-state index in [1.165, 1.54) is 24.0 Å². The third kappa shape index (κ3) is 1.82. The van der Waals surface area contributed by atoms with Crippen molar-refractivity contribution in [2.75, 3.05) is 0 Å². The van der Waals surface area contributed by atoms with Crippen molar-refractivity contribution in [1.82, 2.24) is 0 Å². The van der Waals surface area contributed by atoms with Crippen molar-refractivity contribution in [3.05, 3.63) is 47.6 Å². The zero-order chi connectivity index (χ0) is 9.10. The zero-order valence-corrected chi connectivity index (χ0v) is 8.16. The van der Waals surface area contributed by atoms with Crippen LogP contribution in [0.15, 0.2) is 47.6 Å². The van der Waals surface area contributed by atoms with Crippen LogP contribution in [0.4, 0.5) is 0 Å². The molecule has 0 radical (unpaired) electrons. The van der Waals surface area contributed by atoms with Gasteiger partial charge >= 0.3 is 0 Å². The Bertz CT molecular complexity index is 300. The number of rotatable bonds is 1. The summed E-state index contributed by atoms with van der Waals surface area (Å²) >= 11 is 0. The molecule has 0 aromatic carbocycles. The van der Waals surface area contributed by atoms with E-state index in [0.717, 1.165) is 6.42 Å². The number of allylic oxidation sites excluding steroid dienone is 8. The molecule has 2 aliphatic rings. The van der Waals surface area contributed by atoms with Gasteiger partial charge in [-0.25, -0.2) is 0 Å². The fourth-order valence-corrected chi connectivity index (χ4v) is 1.93. The highest BCUT2D eigenvalue weighted by molar-refractivity contribution is 5.41. The number of hydrogen-bond donors (Lipinski definition) is 0. The van der Waals surface area contributed by atoms with E-state index in [4.69, 9.17) is 0 Å². The van der Waals surface area contributed by atoms with Crippen molar-refractivity contribution in [2.45, 2.75) is 26.2 Å². The van der Waals surface area contributed by atoms with Crippen molar-refractivity contribution in [1.29, 1.82) is 0 Å². The summed E-state index contributed by atoms with van der Waals surface area (Å²) in [6, 6.07) is 0. The first-order chi connectivity index (χ1) is 6.40. The second kappa shape index (κ2) is 3.78. The molecule has 0 bridgehead atoms. The molecular formula is C13H16. The van der Waals surface area contributed by atoms with E-state index in [2.05, 4.69) is 43.4 Å². The summed E-state index contributed by atoms with van der Waals surface area (Å²) in [5.74, 6) is 0.672. The van der Waals surface area contributed by atoms with Crippen molar-refractivity contribution in [3.63, 3.8) is 0 Å². The Balaban J connectivity index is 2.26. The fraction of sp³-hybridized carbons (Fsp3) is 0.385. The Morgan fingerprint density at radius 2 is 2.38 bits per heavy atom. The highest BCUT2D eigenvalue weighted by Crippen LogP contribution is 2.29. The first kappa shape index (κ1) is 8.55. The maximum absolute atomic E-state index is 2.36. The molecule has 2 rings (SSSR count). The molecule has 0 aliphatic heterocycles. The van der Waals surface area contributed by atoms with Gasteiger partial charge in [-0.05, 0) is 30.4 Å². The Morgan fingerprint density at radius 1 is 1.46 bits per heavy atom. The molecule has 0 amide bonds. The molecule has 0 saturated heterocycles. The van der Waals surface area contributed by atoms with Gasteiger partial charge in [-0.3, -0.25) is 0 Å². The maximum atomic E-state index is 2.36. The molecular weight excluding hydrogens is 156 g/mol. The van der Waals surface area contributed by atoms with Crippen LogP contribution in [0, 0.1) is 5.92 Å². The molecule has 68 valence electrons. The normalized spacial score (nSPS) is 26.1. The molecule has 0 nitrogen and oxygen atoms in total. The molecule has 0 saturated carbocycles. The van der Waals surface area contributed by atoms with E-state index >= 15 is 0 Å². The number of fused-ring (bicyclic) bond motifs is 1. The second-order valence-corrected chi connectivity index (χ2v) is 3.71. The minimum atomic E-state index is 0.672. The lowest BCUT2D eigenvalue weighted by Gasteiger charge is -2.17. The average molecular weight is 172 g/mol. The quantitative estimate of drug-likeness (QED) is 0.564. The van der Waals surface area contributed by atoms with Gasteiger partial charge in [0.2, 0.25) is 0 Å². The van der Waals surface area contributed by atoms with Gasteiger partial charge in [-0.2, -0.15) is 0 Å². The monoisotopic (exact) mass is 172 g/mol. The molecule has 0 aromatic rings. The van der Waals surface area contributed by atoms with Gasteiger partial charge in [0.25, 0.3) is 0 Å². The Morgan fingerprint density at radius 3 is 3.23 bits per heavy atom. The van der Waals surface area contributed by atoms with Gasteiger partial charge in [-0.15, -0.1) is 0 Å². The summed E-state index contributed by atoms with van der Waals surface area (Å²) in [6.07, 6.45) is 17.3. The summed E-state index contributed by atoms with van der Waals surface area (Å²) in [7, 11) is 0. The van der Waals surface area contributed by atoms with Gasteiger partial charge in [0.1, 0.15) is 0 Å². The molecule has 2 aliphatic carbocycles. The number of hydrogen-bond acceptors (Lipinski definition) is 0. The maximum Gasteiger partial charge on any atom is 0.00242 e. The van der Waals surface area contributed by atoms with Gasteiger partial charge in [0.05, 0.1) is 0 Å². The highest BCUT2D eigenvalue weighted by atomic mass is 14.2. The van der Waals surface area contributed by atoms with E-state index in [1.54, 1.807) is 0 Å². The lowest BCUT2D eigenvalue weighted by molar-refractivity contribution is 0.696. The summed E-state index contributed by atoms with van der Waals surface area (Å²) in [6.45, 7) is 2.21. The van der Waals surface area contributed by atoms with Crippen molar-refractivity contribution >= 4 is 0 Å². The van der Waals surface area contributed by atoms with Crippen molar-refractivity contribution in [2.24, 2.45) is 5.92 Å². The lowest BCUT2D eigenvalue weighted by Crippen LogP contribution is -2.02. The van der Waals surface area contributed by atoms with Crippen LogP contribution in [-0.4, -0.2) is 0 Å². The molecule has 0 aromatic heterocycles. The van der Waals surface area contributed by atoms with Crippen molar-refractivity contribution < 1.29 is 0 Å². The second-order valence-electron chi connectivity index (χ2n) is 3.71. The van der Waals surface area contributed by atoms with Crippen LogP contribution in [0.25, 0.3) is 0 Å². The van der Waals surface area contributed by atoms with E-state index < -0.39 is 0 Å². The third-order valence-electron chi connectivity index (χ3n) is 2.80. The van der Waals surface area contributed by atoms with Crippen LogP contribution in [0.2, 0.25) is 0 Å². The van der Waals surface area contributed by atoms with Gasteiger partial charge < -0.3 is 0 Å². The molecule has 0 heteroatoms. The third-order valence-corrected chi connectivity index (χ3v) is 2.80. The Labute approximate surface area is 80.3 Å². The Hall–Kier alpha value is -1.04. The van der Waals surface area contributed by atoms with Crippen molar-refractivity contribution in [3.8, 4) is 0 Å². The SMILES string of the molecule is CCC1=CC2=CC=CCCC2C=C1. The van der Waals surface area contributed by atoms with Crippen LogP contribution in [0.1, 0.15) is 26.2 Å². The predicted octanol–water partition coefficient (Wildman–Crippen LogP) is 3.79. The molecule has 0 heterocycles. The van der Waals surface area contributed by atoms with Crippen LogP contribution in [-0.2, 0) is 0 Å². The highest BCUT2D eigenvalue weighted by Gasteiger charge is 2.13. The molecule has 13 heavy (non-hydrogen) atoms. The van der Waals surface area contributed by atoms with Gasteiger partial charge in [-0.1, -0.05) is 43.4 Å². The zero-order valence-electron chi connectivity index (χ0n) is 8.16. The smallest absolute Gasteiger partial charge is 0.00242 e. The van der Waals surface area contributed by atoms with E-state index in [1.807, 2.05) is 0 Å². The predicted molar refractivity (Wildman–Crippen MR) is 57.5 cm³/mol. The topological polar surface area (TPSA) is 0 Å². The molecule has 0 spiro atoms. The fourth-order valence-electron chi connectivity index (χ4n) is 1.93. The largest absolute Gasteiger partial charge is 0.0845 e. The summed E-state index contributed by atoms with van der Waals surface area (Å²) in [4.78, 5) is 0. The van der Waals surface area contributed by atoms with Gasteiger partial charge in [0.15, 0.2) is 0 Å². The summed E-state index contributed by atoms with van der Waals surface area (Å²) < 4.78 is 0. The minimum absolute atomic E-state index is 0.672. The first-order valence-corrected chi connectivity index (χ1v) is 5.15. The van der Waals surface area contributed by atoms with Crippen LogP contribution in [0.3, 0.4) is 0 Å². The van der Waals surface area contributed by atoms with Crippen LogP contribution >= 0.6 is 0 Å². The summed E-state index contributed by atoms with van der Waals surface area (Å²) in [5.41, 5.74) is 2.95. The summed E-state index contributed by atoms with van der Waals surface area (Å²) in [5, 5.41) is 0. The van der Waals surface area contributed by atoms with Crippen LogP contribution < -0.4 is 0 Å². The van der Waals surface area contributed by atoms with E-state index in [0.29, 0.717) is 5.92 Å². The lowest BCUT2D eigenvalue weighted by atomic mass is 9.88. The van der Waals surface area contributed by atoms with Gasteiger partial charge in [0, 0.05) is 5.92 Å². The minimum Gasteiger partial charge on any atom is -0.0845 e. The molecule has 0 fully saturated rings. The first-order valence-electron chi connectivity index (χ1n) is 5.15. The standard InChI is InChI=1S/C13H16/c1-2-11-8-9-12-6-4-3-5-7-13(12)10-11/h3,5,7-10,12H,2,4,6H2,1H3. The molecule has 1 atom stereocenters. The average Bonchev–Trinajstić information content (AvgIpc) is 2.41. The van der Waals surface area contributed by atoms with Crippen LogP contribution in [0.5, 0.6) is 0 Å². The van der Waals surface area contributed by atoms with E-state index in [-0.39, 0.29) is 0 Å². The van der Waals surface area contributed by atoms with E-state index in [9.17, 15) is 0 Å². The Kier molecular flexibility index (Phi) is 2.49. The molecule has 0 N–H and O–H groups in total.